The maximum absolute atomic E-state index is 4.25. The van der Waals surface area contributed by atoms with Crippen molar-refractivity contribution < 1.29 is 0 Å². The lowest BCUT2D eigenvalue weighted by Gasteiger charge is -2.03. The largest absolute Gasteiger partial charge is 0.135 e. The number of halogens is 1. The van der Waals surface area contributed by atoms with Gasteiger partial charge in [-0.3, -0.25) is 0 Å². The molecule has 2 heteroatoms. The van der Waals surface area contributed by atoms with E-state index >= 15 is 0 Å². The zero-order valence-electron chi connectivity index (χ0n) is 11.8. The van der Waals surface area contributed by atoms with E-state index in [2.05, 4.69) is 77.1 Å². The van der Waals surface area contributed by atoms with Gasteiger partial charge in [0.25, 0.3) is 0 Å². The third kappa shape index (κ3) is 2.74. The molecule has 2 aromatic carbocycles. The van der Waals surface area contributed by atoms with Gasteiger partial charge in [0.05, 0.1) is 0 Å². The van der Waals surface area contributed by atoms with Gasteiger partial charge >= 0.3 is 0 Å². The highest BCUT2D eigenvalue weighted by molar-refractivity contribution is 9.10. The summed E-state index contributed by atoms with van der Waals surface area (Å²) in [6, 6.07) is 14.9. The average molecular weight is 355 g/mol. The summed E-state index contributed by atoms with van der Waals surface area (Å²) < 4.78 is 3.63. The maximum atomic E-state index is 4.25. The van der Waals surface area contributed by atoms with Crippen LogP contribution in [0.4, 0.5) is 0 Å². The molecule has 1 aromatic heterocycles. The summed E-state index contributed by atoms with van der Waals surface area (Å²) in [7, 11) is 0. The fraction of sp³-hybridized carbons (Fsp3) is 0.0526. The van der Waals surface area contributed by atoms with E-state index in [-0.39, 0.29) is 0 Å². The molecule has 0 spiro atoms. The normalized spacial score (nSPS) is 12.6. The summed E-state index contributed by atoms with van der Waals surface area (Å²) in [6.45, 7) is 6.28. The lowest BCUT2D eigenvalue weighted by Crippen LogP contribution is -2.15. The monoisotopic (exact) mass is 354 g/mol. The van der Waals surface area contributed by atoms with Gasteiger partial charge in [-0.1, -0.05) is 65.0 Å². The first kappa shape index (κ1) is 14.3. The van der Waals surface area contributed by atoms with Gasteiger partial charge in [0.1, 0.15) is 0 Å². The van der Waals surface area contributed by atoms with Gasteiger partial charge in [-0.25, -0.2) is 0 Å². The minimum Gasteiger partial charge on any atom is -0.135 e. The Labute approximate surface area is 136 Å². The van der Waals surface area contributed by atoms with Crippen molar-refractivity contribution in [3.63, 3.8) is 0 Å². The molecule has 3 aromatic rings. The summed E-state index contributed by atoms with van der Waals surface area (Å²) in [6.07, 6.45) is 6.24. The van der Waals surface area contributed by atoms with Gasteiger partial charge in [-0.15, -0.1) is 11.3 Å². The molecule has 0 atom stereocenters. The van der Waals surface area contributed by atoms with Gasteiger partial charge in [0.2, 0.25) is 0 Å². The Hall–Kier alpha value is -1.64. The molecule has 3 rings (SSSR count). The first-order chi connectivity index (χ1) is 10.2. The van der Waals surface area contributed by atoms with Crippen molar-refractivity contribution in [3.8, 4) is 11.1 Å². The molecule has 1 heterocycles. The second-order valence-electron chi connectivity index (χ2n) is 4.83. The molecule has 0 N–H and O–H groups in total. The molecular formula is C19H15BrS. The topological polar surface area (TPSA) is 0 Å². The number of thiophene rings is 1. The molecule has 0 unspecified atom stereocenters. The zero-order valence-corrected chi connectivity index (χ0v) is 14.2. The molecule has 0 bridgehead atoms. The average Bonchev–Trinajstić information content (AvgIpc) is 2.82. The van der Waals surface area contributed by atoms with Gasteiger partial charge in [0.15, 0.2) is 0 Å². The summed E-state index contributed by atoms with van der Waals surface area (Å²) in [4.78, 5) is 0. The van der Waals surface area contributed by atoms with E-state index in [1.807, 2.05) is 13.0 Å². The van der Waals surface area contributed by atoms with Crippen LogP contribution in [-0.2, 0) is 0 Å². The van der Waals surface area contributed by atoms with Gasteiger partial charge < -0.3 is 0 Å². The fourth-order valence-corrected chi connectivity index (χ4v) is 3.99. The Morgan fingerprint density at radius 1 is 1.14 bits per heavy atom. The van der Waals surface area contributed by atoms with Crippen molar-refractivity contribution in [2.75, 3.05) is 0 Å². The molecule has 0 saturated carbocycles. The van der Waals surface area contributed by atoms with E-state index in [9.17, 15) is 0 Å². The maximum Gasteiger partial charge on any atom is 0.0433 e. The van der Waals surface area contributed by atoms with Crippen LogP contribution >= 0.6 is 27.3 Å². The SMILES string of the molecule is C=c1/c(=C\C=C/C)sc2c(-c3cccc(Br)c3)cccc12. The second kappa shape index (κ2) is 6.00. The molecular weight excluding hydrogens is 340 g/mol. The molecule has 0 aliphatic heterocycles. The Bertz CT molecular complexity index is 932. The minimum absolute atomic E-state index is 1.10. The zero-order chi connectivity index (χ0) is 14.8. The predicted octanol–water partition coefficient (Wildman–Crippen LogP) is 5.10. The minimum atomic E-state index is 1.10. The number of hydrogen-bond donors (Lipinski definition) is 0. The summed E-state index contributed by atoms with van der Waals surface area (Å²) in [5, 5.41) is 2.36. The first-order valence-electron chi connectivity index (χ1n) is 6.80. The summed E-state index contributed by atoms with van der Waals surface area (Å²) >= 11 is 5.36. The van der Waals surface area contributed by atoms with Crippen molar-refractivity contribution in [1.29, 1.82) is 0 Å². The quantitative estimate of drug-likeness (QED) is 0.600. The molecule has 21 heavy (non-hydrogen) atoms. The molecule has 0 nitrogen and oxygen atoms in total. The van der Waals surface area contributed by atoms with E-state index in [0.717, 1.165) is 9.69 Å². The molecule has 0 fully saturated rings. The van der Waals surface area contributed by atoms with Crippen molar-refractivity contribution in [3.05, 3.63) is 68.8 Å². The number of allylic oxidation sites excluding steroid dienone is 2. The first-order valence-corrected chi connectivity index (χ1v) is 8.41. The Morgan fingerprint density at radius 3 is 2.71 bits per heavy atom. The van der Waals surface area contributed by atoms with E-state index in [1.165, 1.54) is 25.7 Å². The number of rotatable bonds is 2. The predicted molar refractivity (Wildman–Crippen MR) is 99.0 cm³/mol. The fourth-order valence-electron chi connectivity index (χ4n) is 2.39. The highest BCUT2D eigenvalue weighted by Crippen LogP contribution is 2.30. The number of benzene rings is 2. The van der Waals surface area contributed by atoms with Crippen molar-refractivity contribution in [2.45, 2.75) is 6.92 Å². The molecule has 0 aliphatic carbocycles. The lowest BCUT2D eigenvalue weighted by molar-refractivity contribution is 1.63. The van der Waals surface area contributed by atoms with Crippen LogP contribution < -0.4 is 9.75 Å². The van der Waals surface area contributed by atoms with Crippen molar-refractivity contribution in [2.24, 2.45) is 0 Å². The Morgan fingerprint density at radius 2 is 1.95 bits per heavy atom. The van der Waals surface area contributed by atoms with Crippen LogP contribution in [0.1, 0.15) is 6.92 Å². The van der Waals surface area contributed by atoms with Gasteiger partial charge in [-0.05, 0) is 41.5 Å². The van der Waals surface area contributed by atoms with Crippen LogP contribution in [0.3, 0.4) is 0 Å². The molecule has 0 saturated heterocycles. The van der Waals surface area contributed by atoms with Gasteiger partial charge in [-0.2, -0.15) is 0 Å². The molecule has 0 aliphatic rings. The van der Waals surface area contributed by atoms with Crippen LogP contribution in [0.15, 0.2) is 59.1 Å². The second-order valence-corrected chi connectivity index (χ2v) is 6.80. The van der Waals surface area contributed by atoms with E-state index in [4.69, 9.17) is 0 Å². The molecule has 0 radical (unpaired) electrons. The van der Waals surface area contributed by atoms with Crippen LogP contribution in [0.5, 0.6) is 0 Å². The highest BCUT2D eigenvalue weighted by atomic mass is 79.9. The molecule has 104 valence electrons. The van der Waals surface area contributed by atoms with Crippen molar-refractivity contribution in [1.82, 2.24) is 0 Å². The van der Waals surface area contributed by atoms with Crippen LogP contribution in [0.2, 0.25) is 0 Å². The number of fused-ring (bicyclic) bond motifs is 1. The standard InChI is InChI=1S/C19H15BrS/c1-3-4-11-18-13(2)16-9-6-10-17(19(16)21-18)14-7-5-8-15(20)12-14/h3-12H,2H2,1H3/b4-3-,18-11+. The summed E-state index contributed by atoms with van der Waals surface area (Å²) in [5.74, 6) is 0. The Kier molecular flexibility index (Phi) is 4.09. The third-order valence-corrected chi connectivity index (χ3v) is 5.16. The Balaban J connectivity index is 2.33. The van der Waals surface area contributed by atoms with Crippen LogP contribution in [0, 0.1) is 0 Å². The molecule has 0 amide bonds. The van der Waals surface area contributed by atoms with Gasteiger partial charge in [0, 0.05) is 19.1 Å². The van der Waals surface area contributed by atoms with E-state index in [1.54, 1.807) is 11.3 Å². The number of hydrogen-bond acceptors (Lipinski definition) is 1. The highest BCUT2D eigenvalue weighted by Gasteiger charge is 2.07. The van der Waals surface area contributed by atoms with Crippen LogP contribution in [-0.4, -0.2) is 0 Å². The summed E-state index contributed by atoms with van der Waals surface area (Å²) in [5.41, 5.74) is 2.50. The van der Waals surface area contributed by atoms with E-state index in [0.29, 0.717) is 0 Å². The smallest absolute Gasteiger partial charge is 0.0433 e. The van der Waals surface area contributed by atoms with Crippen molar-refractivity contribution >= 4 is 50.0 Å². The third-order valence-electron chi connectivity index (χ3n) is 3.43. The van der Waals surface area contributed by atoms with E-state index < -0.39 is 0 Å². The lowest BCUT2D eigenvalue weighted by atomic mass is 10.0. The van der Waals surface area contributed by atoms with Crippen LogP contribution in [0.25, 0.3) is 33.9 Å².